The Morgan fingerprint density at radius 3 is 2.80 bits per heavy atom. The normalized spacial score (nSPS) is 25.1. The number of thioether (sulfide) groups is 1. The fourth-order valence-corrected chi connectivity index (χ4v) is 6.72. The molecule has 2 aliphatic rings. The van der Waals surface area contributed by atoms with Crippen molar-refractivity contribution < 1.29 is 19.8 Å². The molecule has 0 spiro atoms. The van der Waals surface area contributed by atoms with Crippen LogP contribution >= 0.6 is 23.1 Å². The Morgan fingerprint density at radius 2 is 2.10 bits per heavy atom. The molecule has 0 aromatic carbocycles. The van der Waals surface area contributed by atoms with Crippen molar-refractivity contribution in [3.05, 3.63) is 23.2 Å². The molecule has 0 aliphatic heterocycles. The van der Waals surface area contributed by atoms with E-state index in [1.54, 1.807) is 5.38 Å². The fourth-order valence-electron chi connectivity index (χ4n) is 4.83. The first kappa shape index (κ1) is 23.5. The highest BCUT2D eigenvalue weighted by atomic mass is 32.2. The number of rotatable bonds is 10. The third-order valence-corrected chi connectivity index (χ3v) is 8.46. The SMILES string of the molecule is CC(O)(C/C=C/[C@H]1CCC(=O)C1CCSc1nc(C(=O)O)cs1)CC1CCCCC1. The third kappa shape index (κ3) is 6.92. The minimum atomic E-state index is -1.01. The first-order valence-corrected chi connectivity index (χ1v) is 12.9. The van der Waals surface area contributed by atoms with E-state index in [1.165, 1.54) is 55.2 Å². The van der Waals surface area contributed by atoms with Gasteiger partial charge in [-0.1, -0.05) is 56.0 Å². The van der Waals surface area contributed by atoms with Crippen LogP contribution in [0.1, 0.15) is 81.6 Å². The molecule has 30 heavy (non-hydrogen) atoms. The van der Waals surface area contributed by atoms with E-state index >= 15 is 0 Å². The van der Waals surface area contributed by atoms with Crippen molar-refractivity contribution in [1.82, 2.24) is 4.98 Å². The van der Waals surface area contributed by atoms with E-state index in [9.17, 15) is 14.7 Å². The molecule has 1 heterocycles. The number of ketones is 1. The Kier molecular flexibility index (Phi) is 8.54. The topological polar surface area (TPSA) is 87.5 Å². The maximum atomic E-state index is 12.4. The zero-order valence-electron chi connectivity index (χ0n) is 17.7. The van der Waals surface area contributed by atoms with Gasteiger partial charge >= 0.3 is 5.97 Å². The van der Waals surface area contributed by atoms with Gasteiger partial charge in [-0.05, 0) is 44.4 Å². The quantitative estimate of drug-likeness (QED) is 0.356. The number of aromatic carboxylic acids is 1. The van der Waals surface area contributed by atoms with E-state index in [2.05, 4.69) is 17.1 Å². The van der Waals surface area contributed by atoms with Crippen LogP contribution in [0.2, 0.25) is 0 Å². The first-order valence-electron chi connectivity index (χ1n) is 11.1. The van der Waals surface area contributed by atoms with Gasteiger partial charge in [-0.15, -0.1) is 11.3 Å². The number of carboxylic acids is 1. The van der Waals surface area contributed by atoms with Crippen LogP contribution in [-0.4, -0.2) is 38.3 Å². The molecule has 0 radical (unpaired) electrons. The summed E-state index contributed by atoms with van der Waals surface area (Å²) in [6.07, 6.45) is 14.4. The summed E-state index contributed by atoms with van der Waals surface area (Å²) in [6, 6.07) is 0. The second-order valence-corrected chi connectivity index (χ2v) is 11.3. The number of Topliss-reactive ketones (excluding diaryl/α,β-unsaturated/α-hetero) is 1. The van der Waals surface area contributed by atoms with Crippen LogP contribution in [0.3, 0.4) is 0 Å². The first-order chi connectivity index (χ1) is 14.3. The highest BCUT2D eigenvalue weighted by Crippen LogP contribution is 2.36. The number of hydrogen-bond acceptors (Lipinski definition) is 6. The van der Waals surface area contributed by atoms with Gasteiger partial charge in [0.05, 0.1) is 5.60 Å². The molecule has 2 N–H and O–H groups in total. The molecular weight excluding hydrogens is 418 g/mol. The highest BCUT2D eigenvalue weighted by Gasteiger charge is 2.33. The molecule has 0 saturated heterocycles. The lowest BCUT2D eigenvalue weighted by Crippen LogP contribution is -2.28. The van der Waals surface area contributed by atoms with Crippen LogP contribution < -0.4 is 0 Å². The molecule has 3 rings (SSSR count). The second kappa shape index (κ2) is 10.9. The summed E-state index contributed by atoms with van der Waals surface area (Å²) in [6.45, 7) is 1.94. The summed E-state index contributed by atoms with van der Waals surface area (Å²) in [5.74, 6) is 0.989. The molecule has 5 nitrogen and oxygen atoms in total. The van der Waals surface area contributed by atoms with E-state index in [1.807, 2.05) is 6.92 Å². The smallest absolute Gasteiger partial charge is 0.355 e. The molecule has 1 aromatic heterocycles. The standard InChI is InChI=1S/C23H33NO4S2/c1-23(28,14-16-6-3-2-4-7-16)12-5-8-17-9-10-20(25)18(17)11-13-29-22-24-19(15-30-22)21(26)27/h5,8,15-18,28H,2-4,6-7,9-14H2,1H3,(H,26,27)/b8-5+/t17-,18?,23?/m0/s1. The lowest BCUT2D eigenvalue weighted by molar-refractivity contribution is -0.121. The Hall–Kier alpha value is -1.18. The summed E-state index contributed by atoms with van der Waals surface area (Å²) in [5, 5.41) is 21.3. The minimum absolute atomic E-state index is 0.0240. The molecule has 7 heteroatoms. The second-order valence-electron chi connectivity index (χ2n) is 9.05. The Balaban J connectivity index is 1.45. The van der Waals surface area contributed by atoms with E-state index in [0.29, 0.717) is 24.5 Å². The Bertz CT molecular complexity index is 752. The van der Waals surface area contributed by atoms with Crippen LogP contribution in [0.15, 0.2) is 21.9 Å². The van der Waals surface area contributed by atoms with Gasteiger partial charge in [0.1, 0.15) is 5.78 Å². The Morgan fingerprint density at radius 1 is 1.33 bits per heavy atom. The van der Waals surface area contributed by atoms with Gasteiger partial charge in [0.25, 0.3) is 0 Å². The molecule has 2 fully saturated rings. The van der Waals surface area contributed by atoms with Gasteiger partial charge in [-0.3, -0.25) is 4.79 Å². The van der Waals surface area contributed by atoms with Crippen molar-refractivity contribution in [2.45, 2.75) is 81.1 Å². The third-order valence-electron chi connectivity index (χ3n) is 6.41. The summed E-state index contributed by atoms with van der Waals surface area (Å²) in [5.41, 5.74) is -0.584. The zero-order chi connectivity index (χ0) is 21.6. The summed E-state index contributed by atoms with van der Waals surface area (Å²) >= 11 is 2.86. The number of aliphatic hydroxyl groups is 1. The lowest BCUT2D eigenvalue weighted by atomic mass is 9.80. The maximum Gasteiger partial charge on any atom is 0.355 e. The fraction of sp³-hybridized carbons (Fsp3) is 0.696. The largest absolute Gasteiger partial charge is 0.476 e. The number of hydrogen-bond donors (Lipinski definition) is 2. The highest BCUT2D eigenvalue weighted by molar-refractivity contribution is 8.01. The van der Waals surface area contributed by atoms with Crippen LogP contribution in [0.25, 0.3) is 0 Å². The molecule has 2 unspecified atom stereocenters. The molecule has 0 bridgehead atoms. The van der Waals surface area contributed by atoms with Crippen LogP contribution in [-0.2, 0) is 4.79 Å². The molecule has 0 amide bonds. The van der Waals surface area contributed by atoms with Gasteiger partial charge in [0.2, 0.25) is 0 Å². The predicted molar refractivity (Wildman–Crippen MR) is 121 cm³/mol. The number of carbonyl (C=O) groups is 2. The van der Waals surface area contributed by atoms with Gasteiger partial charge in [0.15, 0.2) is 10.0 Å². The number of carboxylic acid groups (broad SMARTS) is 1. The van der Waals surface area contributed by atoms with Crippen molar-refractivity contribution in [2.24, 2.45) is 17.8 Å². The number of thiazole rings is 1. The summed E-state index contributed by atoms with van der Waals surface area (Å²) in [4.78, 5) is 27.4. The molecule has 2 saturated carbocycles. The summed E-state index contributed by atoms with van der Waals surface area (Å²) in [7, 11) is 0. The van der Waals surface area contributed by atoms with E-state index in [-0.39, 0.29) is 17.5 Å². The number of carbonyl (C=O) groups excluding carboxylic acids is 1. The molecule has 2 aliphatic carbocycles. The minimum Gasteiger partial charge on any atom is -0.476 e. The molecular formula is C23H33NO4S2. The number of nitrogens with zero attached hydrogens (tertiary/aromatic N) is 1. The predicted octanol–water partition coefficient (Wildman–Crippen LogP) is 5.59. The van der Waals surface area contributed by atoms with Crippen molar-refractivity contribution >= 4 is 34.9 Å². The van der Waals surface area contributed by atoms with E-state index in [4.69, 9.17) is 5.11 Å². The average molecular weight is 452 g/mol. The maximum absolute atomic E-state index is 12.4. The zero-order valence-corrected chi connectivity index (χ0v) is 19.3. The molecule has 1 aromatic rings. The average Bonchev–Trinajstić information content (AvgIpc) is 3.30. The van der Waals surface area contributed by atoms with Gasteiger partial charge in [0, 0.05) is 23.5 Å². The molecule has 3 atom stereocenters. The lowest BCUT2D eigenvalue weighted by Gasteiger charge is -2.30. The Labute approximate surface area is 187 Å². The van der Waals surface area contributed by atoms with Crippen molar-refractivity contribution in [3.63, 3.8) is 0 Å². The van der Waals surface area contributed by atoms with E-state index in [0.717, 1.165) is 29.4 Å². The van der Waals surface area contributed by atoms with Crippen molar-refractivity contribution in [2.75, 3.05) is 5.75 Å². The van der Waals surface area contributed by atoms with Crippen molar-refractivity contribution in [3.8, 4) is 0 Å². The summed E-state index contributed by atoms with van der Waals surface area (Å²) < 4.78 is 0.740. The van der Waals surface area contributed by atoms with Crippen LogP contribution in [0.4, 0.5) is 0 Å². The van der Waals surface area contributed by atoms with Gasteiger partial charge in [-0.2, -0.15) is 0 Å². The van der Waals surface area contributed by atoms with Crippen molar-refractivity contribution in [1.29, 1.82) is 0 Å². The molecule has 166 valence electrons. The van der Waals surface area contributed by atoms with Gasteiger partial charge in [-0.25, -0.2) is 9.78 Å². The van der Waals surface area contributed by atoms with Gasteiger partial charge < -0.3 is 10.2 Å². The monoisotopic (exact) mass is 451 g/mol. The number of aromatic nitrogens is 1. The van der Waals surface area contributed by atoms with Crippen LogP contribution in [0, 0.1) is 17.8 Å². The van der Waals surface area contributed by atoms with E-state index < -0.39 is 11.6 Å². The number of allylic oxidation sites excluding steroid dienone is 1. The van der Waals surface area contributed by atoms with Crippen LogP contribution in [0.5, 0.6) is 0 Å².